The van der Waals surface area contributed by atoms with Crippen LogP contribution in [-0.2, 0) is 16.3 Å². The second-order valence-corrected chi connectivity index (χ2v) is 7.84. The highest BCUT2D eigenvalue weighted by molar-refractivity contribution is 7.91. The lowest BCUT2D eigenvalue weighted by Crippen LogP contribution is -2.15. The minimum absolute atomic E-state index is 0.0289. The summed E-state index contributed by atoms with van der Waals surface area (Å²) in [5.41, 5.74) is 3.47. The van der Waals surface area contributed by atoms with E-state index in [1.165, 1.54) is 5.56 Å². The number of rotatable bonds is 6. The Morgan fingerprint density at radius 1 is 1.40 bits per heavy atom. The van der Waals surface area contributed by atoms with E-state index in [1.807, 2.05) is 11.6 Å². The van der Waals surface area contributed by atoms with Gasteiger partial charge in [-0.2, -0.15) is 5.10 Å². The third-order valence-electron chi connectivity index (χ3n) is 4.06. The van der Waals surface area contributed by atoms with Gasteiger partial charge in [-0.3, -0.25) is 4.68 Å². The van der Waals surface area contributed by atoms with E-state index < -0.39 is 9.84 Å². The Kier molecular flexibility index (Phi) is 4.86. The SMILES string of the molecule is CCNCCCc1c(C)nn(C2CCS(=O)(=O)C2)c1C. The highest BCUT2D eigenvalue weighted by Crippen LogP contribution is 2.27. The molecule has 0 bridgehead atoms. The molecule has 6 heteroatoms. The van der Waals surface area contributed by atoms with E-state index in [0.717, 1.165) is 37.3 Å². The minimum Gasteiger partial charge on any atom is -0.317 e. The first-order valence-corrected chi connectivity index (χ1v) is 9.22. The fraction of sp³-hybridized carbons (Fsp3) is 0.786. The molecule has 2 rings (SSSR count). The van der Waals surface area contributed by atoms with Crippen molar-refractivity contribution in [1.29, 1.82) is 0 Å². The molecule has 0 radical (unpaired) electrons. The maximum Gasteiger partial charge on any atom is 0.152 e. The van der Waals surface area contributed by atoms with Crippen molar-refractivity contribution in [3.05, 3.63) is 17.0 Å². The van der Waals surface area contributed by atoms with E-state index >= 15 is 0 Å². The lowest BCUT2D eigenvalue weighted by Gasteiger charge is -2.11. The van der Waals surface area contributed by atoms with E-state index in [4.69, 9.17) is 0 Å². The molecule has 1 atom stereocenters. The van der Waals surface area contributed by atoms with Crippen LogP contribution in [0.3, 0.4) is 0 Å². The van der Waals surface area contributed by atoms with Gasteiger partial charge in [0.1, 0.15) is 0 Å². The largest absolute Gasteiger partial charge is 0.317 e. The van der Waals surface area contributed by atoms with E-state index in [0.29, 0.717) is 12.2 Å². The summed E-state index contributed by atoms with van der Waals surface area (Å²) in [5.74, 6) is 0.539. The van der Waals surface area contributed by atoms with Crippen LogP contribution in [0.2, 0.25) is 0 Å². The number of nitrogens with zero attached hydrogens (tertiary/aromatic N) is 2. The summed E-state index contributed by atoms with van der Waals surface area (Å²) < 4.78 is 25.2. The quantitative estimate of drug-likeness (QED) is 0.807. The van der Waals surface area contributed by atoms with Crippen LogP contribution in [0.5, 0.6) is 0 Å². The number of sulfone groups is 1. The molecule has 0 amide bonds. The van der Waals surface area contributed by atoms with Gasteiger partial charge >= 0.3 is 0 Å². The Bertz CT molecular complexity index is 563. The van der Waals surface area contributed by atoms with Gasteiger partial charge in [0.15, 0.2) is 9.84 Å². The molecule has 0 saturated carbocycles. The average Bonchev–Trinajstić information content (AvgIpc) is 2.87. The summed E-state index contributed by atoms with van der Waals surface area (Å²) in [4.78, 5) is 0. The molecule has 1 fully saturated rings. The first-order chi connectivity index (χ1) is 9.44. The highest BCUT2D eigenvalue weighted by atomic mass is 32.2. The highest BCUT2D eigenvalue weighted by Gasteiger charge is 2.31. The fourth-order valence-electron chi connectivity index (χ4n) is 2.95. The predicted octanol–water partition coefficient (Wildman–Crippen LogP) is 1.40. The summed E-state index contributed by atoms with van der Waals surface area (Å²) >= 11 is 0. The standard InChI is InChI=1S/C14H25N3O2S/c1-4-15-8-5-6-14-11(2)16-17(12(14)3)13-7-9-20(18,19)10-13/h13,15H,4-10H2,1-3H3. The zero-order chi connectivity index (χ0) is 14.8. The summed E-state index contributed by atoms with van der Waals surface area (Å²) in [6.45, 7) is 8.20. The molecular formula is C14H25N3O2S. The molecule has 2 heterocycles. The minimum atomic E-state index is -2.86. The normalized spacial score (nSPS) is 21.4. The van der Waals surface area contributed by atoms with Crippen LogP contribution in [0.1, 0.15) is 42.8 Å². The molecule has 1 N–H and O–H groups in total. The van der Waals surface area contributed by atoms with Gasteiger partial charge < -0.3 is 5.32 Å². The smallest absolute Gasteiger partial charge is 0.152 e. The maximum atomic E-state index is 11.6. The van der Waals surface area contributed by atoms with Gasteiger partial charge in [-0.05, 0) is 51.8 Å². The van der Waals surface area contributed by atoms with E-state index in [-0.39, 0.29) is 11.8 Å². The zero-order valence-electron chi connectivity index (χ0n) is 12.6. The molecule has 0 aliphatic carbocycles. The summed E-state index contributed by atoms with van der Waals surface area (Å²) in [7, 11) is -2.86. The van der Waals surface area contributed by atoms with Gasteiger partial charge in [0.25, 0.3) is 0 Å². The van der Waals surface area contributed by atoms with E-state index in [1.54, 1.807) is 0 Å². The fourth-order valence-corrected chi connectivity index (χ4v) is 4.64. The van der Waals surface area contributed by atoms with Crippen molar-refractivity contribution in [1.82, 2.24) is 15.1 Å². The molecule has 20 heavy (non-hydrogen) atoms. The van der Waals surface area contributed by atoms with Crippen molar-refractivity contribution in [2.75, 3.05) is 24.6 Å². The number of hydrogen-bond donors (Lipinski definition) is 1. The molecule has 0 aromatic carbocycles. The third kappa shape index (κ3) is 3.41. The van der Waals surface area contributed by atoms with Crippen molar-refractivity contribution in [3.63, 3.8) is 0 Å². The summed E-state index contributed by atoms with van der Waals surface area (Å²) in [5, 5.41) is 7.91. The molecule has 1 aliphatic heterocycles. The monoisotopic (exact) mass is 299 g/mol. The maximum absolute atomic E-state index is 11.6. The lowest BCUT2D eigenvalue weighted by atomic mass is 10.1. The van der Waals surface area contributed by atoms with Crippen LogP contribution in [0.4, 0.5) is 0 Å². The Morgan fingerprint density at radius 3 is 2.75 bits per heavy atom. The molecular weight excluding hydrogens is 274 g/mol. The summed E-state index contributed by atoms with van der Waals surface area (Å²) in [6, 6.07) is 0.0289. The van der Waals surface area contributed by atoms with E-state index in [2.05, 4.69) is 24.3 Å². The first-order valence-electron chi connectivity index (χ1n) is 7.40. The Morgan fingerprint density at radius 2 is 2.15 bits per heavy atom. The molecule has 0 spiro atoms. The second kappa shape index (κ2) is 6.26. The Labute approximate surface area is 121 Å². The van der Waals surface area contributed by atoms with Crippen molar-refractivity contribution < 1.29 is 8.42 Å². The van der Waals surface area contributed by atoms with Crippen LogP contribution < -0.4 is 5.32 Å². The molecule has 1 aliphatic rings. The van der Waals surface area contributed by atoms with Gasteiger partial charge in [0.2, 0.25) is 0 Å². The third-order valence-corrected chi connectivity index (χ3v) is 5.81. The Balaban J connectivity index is 2.09. The Hall–Kier alpha value is -0.880. The number of nitrogens with one attached hydrogen (secondary N) is 1. The van der Waals surface area contributed by atoms with Crippen LogP contribution in [0.15, 0.2) is 0 Å². The van der Waals surface area contributed by atoms with Crippen molar-refractivity contribution >= 4 is 9.84 Å². The van der Waals surface area contributed by atoms with Gasteiger partial charge in [-0.15, -0.1) is 0 Å². The summed E-state index contributed by atoms with van der Waals surface area (Å²) in [6.07, 6.45) is 2.79. The number of aryl methyl sites for hydroxylation is 1. The molecule has 1 aromatic rings. The predicted molar refractivity (Wildman–Crippen MR) is 80.9 cm³/mol. The van der Waals surface area contributed by atoms with Gasteiger partial charge in [-0.1, -0.05) is 6.92 Å². The second-order valence-electron chi connectivity index (χ2n) is 5.61. The molecule has 1 unspecified atom stereocenters. The van der Waals surface area contributed by atoms with Crippen molar-refractivity contribution in [2.24, 2.45) is 0 Å². The van der Waals surface area contributed by atoms with Gasteiger partial charge in [0.05, 0.1) is 23.2 Å². The van der Waals surface area contributed by atoms with Gasteiger partial charge in [-0.25, -0.2) is 8.42 Å². The molecule has 1 aromatic heterocycles. The first kappa shape index (κ1) is 15.5. The molecule has 5 nitrogen and oxygen atoms in total. The zero-order valence-corrected chi connectivity index (χ0v) is 13.5. The van der Waals surface area contributed by atoms with Crippen LogP contribution >= 0.6 is 0 Å². The van der Waals surface area contributed by atoms with E-state index in [9.17, 15) is 8.42 Å². The van der Waals surface area contributed by atoms with Crippen LogP contribution in [-0.4, -0.2) is 42.8 Å². The molecule has 114 valence electrons. The lowest BCUT2D eigenvalue weighted by molar-refractivity contribution is 0.485. The average molecular weight is 299 g/mol. The van der Waals surface area contributed by atoms with Gasteiger partial charge in [0, 0.05) is 5.69 Å². The van der Waals surface area contributed by atoms with Crippen molar-refractivity contribution in [3.8, 4) is 0 Å². The topological polar surface area (TPSA) is 64.0 Å². The van der Waals surface area contributed by atoms with Crippen molar-refractivity contribution in [2.45, 2.75) is 46.1 Å². The number of aromatic nitrogens is 2. The molecule has 1 saturated heterocycles. The number of hydrogen-bond acceptors (Lipinski definition) is 4. The van der Waals surface area contributed by atoms with Crippen LogP contribution in [0, 0.1) is 13.8 Å². The van der Waals surface area contributed by atoms with Crippen LogP contribution in [0.25, 0.3) is 0 Å².